The first-order valence-electron chi connectivity index (χ1n) is 9.33. The number of halogens is 2. The first-order chi connectivity index (χ1) is 12.7. The van der Waals surface area contributed by atoms with Crippen molar-refractivity contribution < 1.29 is 13.5 Å². The van der Waals surface area contributed by atoms with E-state index in [0.29, 0.717) is 11.6 Å². The Hall–Kier alpha value is -1.98. The van der Waals surface area contributed by atoms with E-state index in [1.807, 2.05) is 30.3 Å². The lowest BCUT2D eigenvalue weighted by molar-refractivity contribution is 0.285. The third kappa shape index (κ3) is 4.05. The monoisotopic (exact) mass is 358 g/mol. The van der Waals surface area contributed by atoms with Gasteiger partial charge < -0.3 is 15.4 Å². The average molecular weight is 358 g/mol. The van der Waals surface area contributed by atoms with E-state index in [0.717, 1.165) is 44.0 Å². The molecule has 1 saturated heterocycles. The SMILES string of the molecule is Fc1cc(F)c(OCc2ccccc2)c([C@@H]2C[C@H]2NC2CCNCC2)c1. The standard InChI is InChI=1S/C21H24F2N2O/c22-15-10-18(17-12-20(17)25-16-6-8-24-9-7-16)21(19(23)11-15)26-13-14-4-2-1-3-5-14/h1-5,10-11,16-17,20,24-25H,6-9,12-13H2/t17-,20+/m0/s1. The van der Waals surface area contributed by atoms with Crippen molar-refractivity contribution in [1.29, 1.82) is 0 Å². The van der Waals surface area contributed by atoms with Gasteiger partial charge in [0.25, 0.3) is 0 Å². The lowest BCUT2D eigenvalue weighted by atomic mass is 10.1. The van der Waals surface area contributed by atoms with Crippen molar-refractivity contribution in [3.05, 3.63) is 65.2 Å². The van der Waals surface area contributed by atoms with Crippen LogP contribution in [0.1, 0.15) is 36.3 Å². The minimum atomic E-state index is -0.622. The third-order valence-electron chi connectivity index (χ3n) is 5.24. The highest BCUT2D eigenvalue weighted by molar-refractivity contribution is 5.42. The van der Waals surface area contributed by atoms with E-state index in [4.69, 9.17) is 4.74 Å². The van der Waals surface area contributed by atoms with E-state index >= 15 is 0 Å². The highest BCUT2D eigenvalue weighted by atomic mass is 19.1. The molecule has 0 amide bonds. The Morgan fingerprint density at radius 3 is 2.62 bits per heavy atom. The van der Waals surface area contributed by atoms with E-state index in [1.165, 1.54) is 6.07 Å². The minimum absolute atomic E-state index is 0.112. The fraction of sp³-hybridized carbons (Fsp3) is 0.429. The smallest absolute Gasteiger partial charge is 0.168 e. The molecule has 2 N–H and O–H groups in total. The van der Waals surface area contributed by atoms with Gasteiger partial charge in [0.1, 0.15) is 12.4 Å². The summed E-state index contributed by atoms with van der Waals surface area (Å²) in [4.78, 5) is 0. The third-order valence-corrected chi connectivity index (χ3v) is 5.24. The summed E-state index contributed by atoms with van der Waals surface area (Å²) in [5.74, 6) is -0.865. The van der Waals surface area contributed by atoms with Gasteiger partial charge in [-0.25, -0.2) is 8.78 Å². The van der Waals surface area contributed by atoms with Gasteiger partial charge in [-0.15, -0.1) is 0 Å². The van der Waals surface area contributed by atoms with Gasteiger partial charge >= 0.3 is 0 Å². The molecule has 2 fully saturated rings. The van der Waals surface area contributed by atoms with Crippen LogP contribution in [0.25, 0.3) is 0 Å². The maximum Gasteiger partial charge on any atom is 0.168 e. The Kier molecular flexibility index (Phi) is 5.18. The number of nitrogens with one attached hydrogen (secondary N) is 2. The number of hydrogen-bond acceptors (Lipinski definition) is 3. The fourth-order valence-corrected chi connectivity index (χ4v) is 3.75. The van der Waals surface area contributed by atoms with Crippen LogP contribution in [-0.4, -0.2) is 25.2 Å². The quantitative estimate of drug-likeness (QED) is 0.825. The van der Waals surface area contributed by atoms with E-state index in [-0.39, 0.29) is 24.3 Å². The first kappa shape index (κ1) is 17.4. The molecule has 4 rings (SSSR count). The van der Waals surface area contributed by atoms with Crippen LogP contribution >= 0.6 is 0 Å². The van der Waals surface area contributed by atoms with Crippen molar-refractivity contribution in [2.75, 3.05) is 13.1 Å². The second-order valence-electron chi connectivity index (χ2n) is 7.22. The molecule has 0 spiro atoms. The summed E-state index contributed by atoms with van der Waals surface area (Å²) >= 11 is 0. The topological polar surface area (TPSA) is 33.3 Å². The zero-order valence-electron chi connectivity index (χ0n) is 14.7. The van der Waals surface area contributed by atoms with E-state index in [9.17, 15) is 8.78 Å². The lowest BCUT2D eigenvalue weighted by Crippen LogP contribution is -2.41. The van der Waals surface area contributed by atoms with Crippen LogP contribution in [0, 0.1) is 11.6 Å². The van der Waals surface area contributed by atoms with E-state index in [2.05, 4.69) is 10.6 Å². The zero-order chi connectivity index (χ0) is 17.9. The second kappa shape index (κ2) is 7.72. The molecule has 5 heteroatoms. The van der Waals surface area contributed by atoms with Crippen molar-refractivity contribution in [1.82, 2.24) is 10.6 Å². The average Bonchev–Trinajstić information content (AvgIpc) is 3.41. The molecule has 0 bridgehead atoms. The van der Waals surface area contributed by atoms with Crippen LogP contribution < -0.4 is 15.4 Å². The molecule has 138 valence electrons. The van der Waals surface area contributed by atoms with Crippen LogP contribution in [0.2, 0.25) is 0 Å². The highest BCUT2D eigenvalue weighted by Gasteiger charge is 2.42. The Bertz CT molecular complexity index is 747. The van der Waals surface area contributed by atoms with Crippen LogP contribution in [0.5, 0.6) is 5.75 Å². The molecule has 0 radical (unpaired) electrons. The van der Waals surface area contributed by atoms with Gasteiger partial charge in [-0.1, -0.05) is 30.3 Å². The largest absolute Gasteiger partial charge is 0.486 e. The van der Waals surface area contributed by atoms with Crippen molar-refractivity contribution >= 4 is 0 Å². The highest BCUT2D eigenvalue weighted by Crippen LogP contribution is 2.46. The summed E-state index contributed by atoms with van der Waals surface area (Å²) in [6, 6.07) is 12.7. The number of benzene rings is 2. The number of rotatable bonds is 6. The van der Waals surface area contributed by atoms with Crippen LogP contribution in [0.4, 0.5) is 8.78 Å². The molecule has 1 saturated carbocycles. The van der Waals surface area contributed by atoms with Crippen molar-refractivity contribution in [3.8, 4) is 5.75 Å². The molecular formula is C21H24F2N2O. The van der Waals surface area contributed by atoms with Crippen molar-refractivity contribution in [2.24, 2.45) is 0 Å². The van der Waals surface area contributed by atoms with Crippen LogP contribution in [0.15, 0.2) is 42.5 Å². The summed E-state index contributed by atoms with van der Waals surface area (Å²) in [7, 11) is 0. The molecule has 2 atom stereocenters. The lowest BCUT2D eigenvalue weighted by Gasteiger charge is -2.24. The number of ether oxygens (including phenoxy) is 1. The van der Waals surface area contributed by atoms with Gasteiger partial charge in [-0.05, 0) is 44.0 Å². The molecule has 3 nitrogen and oxygen atoms in total. The molecule has 1 heterocycles. The summed E-state index contributed by atoms with van der Waals surface area (Å²) < 4.78 is 34.0. The van der Waals surface area contributed by atoms with Crippen LogP contribution in [-0.2, 0) is 6.61 Å². The molecular weight excluding hydrogens is 334 g/mol. The Morgan fingerprint density at radius 1 is 1.08 bits per heavy atom. The molecule has 26 heavy (non-hydrogen) atoms. The molecule has 2 aliphatic rings. The van der Waals surface area contributed by atoms with Gasteiger partial charge in [0, 0.05) is 29.6 Å². The van der Waals surface area contributed by atoms with Gasteiger partial charge in [0.2, 0.25) is 0 Å². The molecule has 0 aromatic heterocycles. The molecule has 1 aliphatic heterocycles. The molecule has 0 unspecified atom stereocenters. The summed E-state index contributed by atoms with van der Waals surface area (Å²) in [6.07, 6.45) is 3.09. The normalized spacial score (nSPS) is 23.0. The Labute approximate surface area is 152 Å². The van der Waals surface area contributed by atoms with Gasteiger partial charge in [0.15, 0.2) is 11.6 Å². The van der Waals surface area contributed by atoms with E-state index < -0.39 is 11.6 Å². The zero-order valence-corrected chi connectivity index (χ0v) is 14.7. The Morgan fingerprint density at radius 2 is 1.85 bits per heavy atom. The van der Waals surface area contributed by atoms with E-state index in [1.54, 1.807) is 0 Å². The van der Waals surface area contributed by atoms with Gasteiger partial charge in [-0.3, -0.25) is 0 Å². The maximum absolute atomic E-state index is 14.4. The van der Waals surface area contributed by atoms with Gasteiger partial charge in [0.05, 0.1) is 0 Å². The number of hydrogen-bond donors (Lipinski definition) is 2. The van der Waals surface area contributed by atoms with Crippen LogP contribution in [0.3, 0.4) is 0 Å². The van der Waals surface area contributed by atoms with Crippen molar-refractivity contribution in [3.63, 3.8) is 0 Å². The minimum Gasteiger partial charge on any atom is -0.486 e. The molecule has 2 aromatic carbocycles. The first-order valence-corrected chi connectivity index (χ1v) is 9.33. The maximum atomic E-state index is 14.4. The van der Waals surface area contributed by atoms with Crippen molar-refractivity contribution in [2.45, 2.75) is 43.9 Å². The molecule has 1 aliphatic carbocycles. The van der Waals surface area contributed by atoms with Gasteiger partial charge in [-0.2, -0.15) is 0 Å². The molecule has 2 aromatic rings. The fourth-order valence-electron chi connectivity index (χ4n) is 3.75. The predicted octanol–water partition coefficient (Wildman–Crippen LogP) is 3.74. The Balaban J connectivity index is 1.47. The summed E-state index contributed by atoms with van der Waals surface area (Å²) in [6.45, 7) is 2.32. The predicted molar refractivity (Wildman–Crippen MR) is 97.3 cm³/mol. The number of piperidine rings is 1. The summed E-state index contributed by atoms with van der Waals surface area (Å²) in [5.41, 5.74) is 1.60. The second-order valence-corrected chi connectivity index (χ2v) is 7.22. The summed E-state index contributed by atoms with van der Waals surface area (Å²) in [5, 5.41) is 6.99.